The Balaban J connectivity index is 2.03. The van der Waals surface area contributed by atoms with Crippen LogP contribution in [0.15, 0.2) is 42.5 Å². The molecule has 6 nitrogen and oxygen atoms in total. The Labute approximate surface area is 172 Å². The van der Waals surface area contributed by atoms with Crippen LogP contribution in [0.25, 0.3) is 0 Å². The molecular formula is C23H29N3O3. The zero-order chi connectivity index (χ0) is 20.6. The lowest BCUT2D eigenvalue weighted by Crippen LogP contribution is -2.36. The van der Waals surface area contributed by atoms with Crippen molar-refractivity contribution in [1.29, 1.82) is 5.26 Å². The highest BCUT2D eigenvalue weighted by Crippen LogP contribution is 2.39. The fourth-order valence-electron chi connectivity index (χ4n) is 3.84. The fraction of sp³-hybridized carbons (Fsp3) is 0.435. The Hall–Kier alpha value is -2.59. The molecule has 1 atom stereocenters. The number of phenols is 1. The summed E-state index contributed by atoms with van der Waals surface area (Å²) in [7, 11) is 3.52. The smallest absolute Gasteiger partial charge is 0.162 e. The van der Waals surface area contributed by atoms with Crippen molar-refractivity contribution in [3.63, 3.8) is 0 Å². The minimum absolute atomic E-state index is 0.0300. The van der Waals surface area contributed by atoms with Crippen molar-refractivity contribution in [3.8, 4) is 17.6 Å². The van der Waals surface area contributed by atoms with E-state index in [2.05, 4.69) is 23.1 Å². The van der Waals surface area contributed by atoms with Crippen LogP contribution in [0.2, 0.25) is 0 Å². The van der Waals surface area contributed by atoms with Crippen LogP contribution in [-0.2, 0) is 11.3 Å². The Morgan fingerprint density at radius 1 is 1.21 bits per heavy atom. The lowest BCUT2D eigenvalue weighted by atomic mass is 9.86. The third-order valence-corrected chi connectivity index (χ3v) is 5.40. The van der Waals surface area contributed by atoms with Crippen molar-refractivity contribution in [2.75, 3.05) is 53.6 Å². The molecule has 0 aromatic heterocycles. The van der Waals surface area contributed by atoms with Gasteiger partial charge >= 0.3 is 0 Å². The van der Waals surface area contributed by atoms with E-state index in [0.717, 1.165) is 29.8 Å². The van der Waals surface area contributed by atoms with E-state index in [1.54, 1.807) is 7.11 Å². The molecule has 2 aromatic carbocycles. The van der Waals surface area contributed by atoms with E-state index in [0.29, 0.717) is 38.6 Å². The molecule has 1 unspecified atom stereocenters. The molecule has 0 saturated carbocycles. The molecule has 1 saturated heterocycles. The summed E-state index contributed by atoms with van der Waals surface area (Å²) in [5.74, 6) is 0.706. The average molecular weight is 396 g/mol. The Bertz CT molecular complexity index is 829. The van der Waals surface area contributed by atoms with Crippen molar-refractivity contribution < 1.29 is 14.6 Å². The zero-order valence-electron chi connectivity index (χ0n) is 17.2. The minimum atomic E-state index is 0.0300. The summed E-state index contributed by atoms with van der Waals surface area (Å²) in [6.45, 7) is 4.73. The molecule has 0 spiro atoms. The van der Waals surface area contributed by atoms with Crippen LogP contribution in [0.5, 0.6) is 11.5 Å². The predicted octanol–water partition coefficient (Wildman–Crippen LogP) is 2.82. The molecule has 0 bridgehead atoms. The zero-order valence-corrected chi connectivity index (χ0v) is 17.2. The first kappa shape index (κ1) is 21.1. The van der Waals surface area contributed by atoms with Gasteiger partial charge in [0.05, 0.1) is 32.9 Å². The molecule has 3 rings (SSSR count). The summed E-state index contributed by atoms with van der Waals surface area (Å²) in [4.78, 5) is 4.31. The average Bonchev–Trinajstić information content (AvgIpc) is 2.75. The second-order valence-corrected chi connectivity index (χ2v) is 7.39. The van der Waals surface area contributed by atoms with E-state index in [1.165, 1.54) is 0 Å². The highest BCUT2D eigenvalue weighted by molar-refractivity contribution is 5.53. The molecule has 0 aliphatic carbocycles. The van der Waals surface area contributed by atoms with E-state index >= 15 is 0 Å². The van der Waals surface area contributed by atoms with Gasteiger partial charge in [-0.25, -0.2) is 0 Å². The number of rotatable bonds is 8. The van der Waals surface area contributed by atoms with Crippen molar-refractivity contribution in [1.82, 2.24) is 9.80 Å². The molecule has 1 heterocycles. The van der Waals surface area contributed by atoms with Crippen LogP contribution < -0.4 is 4.74 Å². The molecule has 1 aliphatic heterocycles. The normalized spacial score (nSPS) is 15.8. The number of ether oxygens (including phenoxy) is 2. The molecule has 1 fully saturated rings. The quantitative estimate of drug-likeness (QED) is 0.693. The minimum Gasteiger partial charge on any atom is -0.504 e. The van der Waals surface area contributed by atoms with Gasteiger partial charge in [-0.1, -0.05) is 36.4 Å². The maximum atomic E-state index is 11.0. The molecule has 0 amide bonds. The summed E-state index contributed by atoms with van der Waals surface area (Å²) in [6, 6.07) is 16.3. The maximum absolute atomic E-state index is 11.0. The van der Waals surface area contributed by atoms with Crippen molar-refractivity contribution in [2.45, 2.75) is 12.5 Å². The predicted molar refractivity (Wildman–Crippen MR) is 112 cm³/mol. The number of nitriles is 1. The number of hydrogen-bond acceptors (Lipinski definition) is 6. The third-order valence-electron chi connectivity index (χ3n) is 5.40. The third kappa shape index (κ3) is 5.27. The van der Waals surface area contributed by atoms with Crippen LogP contribution in [0, 0.1) is 11.3 Å². The fourth-order valence-corrected chi connectivity index (χ4v) is 3.84. The monoisotopic (exact) mass is 395 g/mol. The molecule has 1 N–H and O–H groups in total. The van der Waals surface area contributed by atoms with Crippen LogP contribution in [-0.4, -0.2) is 68.5 Å². The van der Waals surface area contributed by atoms with Gasteiger partial charge in [0, 0.05) is 37.7 Å². The lowest BCUT2D eigenvalue weighted by molar-refractivity contribution is 0.0337. The molecule has 6 heteroatoms. The SMILES string of the molecule is COc1ccc(C(CN(C)CC#N)c2ccccc2)c(CN2CCOCC2)c1O. The molecule has 1 aliphatic rings. The molecule has 154 valence electrons. The highest BCUT2D eigenvalue weighted by Gasteiger charge is 2.25. The Morgan fingerprint density at radius 3 is 2.59 bits per heavy atom. The van der Waals surface area contributed by atoms with Gasteiger partial charge in [-0.3, -0.25) is 9.80 Å². The van der Waals surface area contributed by atoms with Crippen molar-refractivity contribution in [2.24, 2.45) is 0 Å². The Kier molecular flexibility index (Phi) is 7.48. The van der Waals surface area contributed by atoms with Gasteiger partial charge < -0.3 is 14.6 Å². The van der Waals surface area contributed by atoms with Crippen molar-refractivity contribution >= 4 is 0 Å². The van der Waals surface area contributed by atoms with E-state index in [1.807, 2.05) is 42.3 Å². The van der Waals surface area contributed by atoms with Gasteiger partial charge in [0.25, 0.3) is 0 Å². The molecule has 2 aromatic rings. The van der Waals surface area contributed by atoms with Gasteiger partial charge in [0.2, 0.25) is 0 Å². The first-order valence-corrected chi connectivity index (χ1v) is 9.93. The van der Waals surface area contributed by atoms with E-state index in [-0.39, 0.29) is 11.7 Å². The van der Waals surface area contributed by atoms with E-state index in [9.17, 15) is 5.11 Å². The van der Waals surface area contributed by atoms with Crippen LogP contribution >= 0.6 is 0 Å². The number of benzene rings is 2. The van der Waals surface area contributed by atoms with Gasteiger partial charge in [0.15, 0.2) is 11.5 Å². The van der Waals surface area contributed by atoms with Gasteiger partial charge in [-0.15, -0.1) is 0 Å². The molecular weight excluding hydrogens is 366 g/mol. The largest absolute Gasteiger partial charge is 0.504 e. The summed E-state index contributed by atoms with van der Waals surface area (Å²) in [5.41, 5.74) is 3.10. The topological polar surface area (TPSA) is 69.0 Å². The van der Waals surface area contributed by atoms with E-state index < -0.39 is 0 Å². The van der Waals surface area contributed by atoms with Gasteiger partial charge in [-0.05, 0) is 24.2 Å². The standard InChI is InChI=1S/C23H29N3O3/c1-25(11-10-24)16-20(18-6-4-3-5-7-18)19-8-9-22(28-2)23(27)21(19)17-26-12-14-29-15-13-26/h3-9,20,27H,11-17H2,1-2H3. The number of methoxy groups -OCH3 is 1. The summed E-state index contributed by atoms with van der Waals surface area (Å²) >= 11 is 0. The number of nitrogens with zero attached hydrogens (tertiary/aromatic N) is 3. The number of likely N-dealkylation sites (N-methyl/N-ethyl adjacent to an activating group) is 1. The van der Waals surface area contributed by atoms with Crippen molar-refractivity contribution in [3.05, 3.63) is 59.2 Å². The number of morpholine rings is 1. The summed E-state index contributed by atoms with van der Waals surface area (Å²) in [5, 5.41) is 20.1. The molecule has 29 heavy (non-hydrogen) atoms. The summed E-state index contributed by atoms with van der Waals surface area (Å²) in [6.07, 6.45) is 0. The van der Waals surface area contributed by atoms with Gasteiger partial charge in [-0.2, -0.15) is 5.26 Å². The first-order valence-electron chi connectivity index (χ1n) is 9.93. The van der Waals surface area contributed by atoms with Crippen LogP contribution in [0.4, 0.5) is 0 Å². The second-order valence-electron chi connectivity index (χ2n) is 7.39. The Morgan fingerprint density at radius 2 is 1.93 bits per heavy atom. The van der Waals surface area contributed by atoms with Crippen LogP contribution in [0.3, 0.4) is 0 Å². The maximum Gasteiger partial charge on any atom is 0.162 e. The van der Waals surface area contributed by atoms with Crippen LogP contribution in [0.1, 0.15) is 22.6 Å². The van der Waals surface area contributed by atoms with E-state index in [4.69, 9.17) is 14.7 Å². The van der Waals surface area contributed by atoms with Gasteiger partial charge in [0.1, 0.15) is 0 Å². The number of aromatic hydroxyl groups is 1. The summed E-state index contributed by atoms with van der Waals surface area (Å²) < 4.78 is 10.9. The first-order chi connectivity index (χ1) is 14.1. The number of phenolic OH excluding ortho intramolecular Hbond substituents is 1. The second kappa shape index (κ2) is 10.3. The number of hydrogen-bond donors (Lipinski definition) is 1. The molecule has 0 radical (unpaired) electrons. The highest BCUT2D eigenvalue weighted by atomic mass is 16.5. The lowest BCUT2D eigenvalue weighted by Gasteiger charge is -2.30.